The Labute approximate surface area is 120 Å². The third-order valence-electron chi connectivity index (χ3n) is 3.49. The normalized spacial score (nSPS) is 11.3. The van der Waals surface area contributed by atoms with Crippen LogP contribution in [0.3, 0.4) is 0 Å². The maximum Gasteiger partial charge on any atom is -0.0178 e. The van der Waals surface area contributed by atoms with Gasteiger partial charge in [0.2, 0.25) is 0 Å². The van der Waals surface area contributed by atoms with Gasteiger partial charge in [0.1, 0.15) is 0 Å². The zero-order chi connectivity index (χ0) is 13.9. The molecule has 20 heavy (non-hydrogen) atoms. The standard InChI is InChI=1S/C20H18/c1-15-11-16(2)13-18(12-15)8-7-17-9-10-19-5-3-4-6-20(19)14-17/h3-14H,1-2H3. The largest absolute Gasteiger partial charge is 0.0616 e. The van der Waals surface area contributed by atoms with Crippen molar-refractivity contribution in [2.45, 2.75) is 13.8 Å². The molecule has 0 nitrogen and oxygen atoms in total. The molecule has 3 aromatic carbocycles. The minimum atomic E-state index is 1.24. The Morgan fingerprint density at radius 3 is 2.00 bits per heavy atom. The highest BCUT2D eigenvalue weighted by Gasteiger charge is 1.94. The van der Waals surface area contributed by atoms with Gasteiger partial charge in [0.25, 0.3) is 0 Å². The molecule has 0 aliphatic heterocycles. The van der Waals surface area contributed by atoms with Crippen molar-refractivity contribution < 1.29 is 0 Å². The van der Waals surface area contributed by atoms with Gasteiger partial charge in [-0.3, -0.25) is 0 Å². The van der Waals surface area contributed by atoms with E-state index >= 15 is 0 Å². The number of hydrogen-bond donors (Lipinski definition) is 0. The van der Waals surface area contributed by atoms with E-state index in [0.717, 1.165) is 0 Å². The van der Waals surface area contributed by atoms with Gasteiger partial charge in [-0.1, -0.05) is 77.9 Å². The second kappa shape index (κ2) is 5.34. The van der Waals surface area contributed by atoms with Crippen LogP contribution in [0.1, 0.15) is 22.3 Å². The maximum atomic E-state index is 2.23. The van der Waals surface area contributed by atoms with E-state index in [9.17, 15) is 0 Å². The van der Waals surface area contributed by atoms with Crippen LogP contribution in [0, 0.1) is 13.8 Å². The molecule has 0 heterocycles. The number of rotatable bonds is 2. The zero-order valence-corrected chi connectivity index (χ0v) is 11.9. The molecule has 0 amide bonds. The summed E-state index contributed by atoms with van der Waals surface area (Å²) in [7, 11) is 0. The first-order valence-electron chi connectivity index (χ1n) is 6.96. The van der Waals surface area contributed by atoms with E-state index in [1.54, 1.807) is 0 Å². The molecule has 3 aromatic rings. The van der Waals surface area contributed by atoms with Gasteiger partial charge in [0, 0.05) is 0 Å². The lowest BCUT2D eigenvalue weighted by Crippen LogP contribution is -1.80. The molecular formula is C20H18. The van der Waals surface area contributed by atoms with Crippen LogP contribution < -0.4 is 0 Å². The molecule has 0 aromatic heterocycles. The third kappa shape index (κ3) is 2.80. The first-order valence-corrected chi connectivity index (χ1v) is 6.96. The molecule has 0 aliphatic carbocycles. The molecule has 3 rings (SSSR count). The van der Waals surface area contributed by atoms with E-state index in [2.05, 4.69) is 86.7 Å². The molecule has 0 saturated carbocycles. The summed E-state index contributed by atoms with van der Waals surface area (Å²) in [5.41, 5.74) is 5.12. The van der Waals surface area contributed by atoms with Gasteiger partial charge in [-0.25, -0.2) is 0 Å². The average Bonchev–Trinajstić information content (AvgIpc) is 2.44. The minimum Gasteiger partial charge on any atom is -0.0616 e. The predicted molar refractivity (Wildman–Crippen MR) is 88.8 cm³/mol. The van der Waals surface area contributed by atoms with Gasteiger partial charge in [0.15, 0.2) is 0 Å². The van der Waals surface area contributed by atoms with Crippen LogP contribution >= 0.6 is 0 Å². The van der Waals surface area contributed by atoms with Gasteiger partial charge < -0.3 is 0 Å². The summed E-state index contributed by atoms with van der Waals surface area (Å²) in [5, 5.41) is 2.58. The molecule has 0 N–H and O–H groups in total. The highest BCUT2D eigenvalue weighted by atomic mass is 14.0. The summed E-state index contributed by atoms with van der Waals surface area (Å²) in [6.07, 6.45) is 4.37. The van der Waals surface area contributed by atoms with Crippen molar-refractivity contribution in [3.05, 3.63) is 82.9 Å². The summed E-state index contributed by atoms with van der Waals surface area (Å²) in [4.78, 5) is 0. The van der Waals surface area contributed by atoms with E-state index < -0.39 is 0 Å². The molecule has 0 bridgehead atoms. The topological polar surface area (TPSA) is 0 Å². The van der Waals surface area contributed by atoms with Crippen LogP contribution in [-0.4, -0.2) is 0 Å². The lowest BCUT2D eigenvalue weighted by Gasteiger charge is -2.01. The quantitative estimate of drug-likeness (QED) is 0.523. The fourth-order valence-electron chi connectivity index (χ4n) is 2.61. The Morgan fingerprint density at radius 2 is 1.25 bits per heavy atom. The summed E-state index contributed by atoms with van der Waals surface area (Å²) in [6.45, 7) is 4.28. The van der Waals surface area contributed by atoms with E-state index in [1.807, 2.05) is 0 Å². The first-order chi connectivity index (χ1) is 9.70. The van der Waals surface area contributed by atoms with Gasteiger partial charge in [-0.05, 0) is 41.8 Å². The van der Waals surface area contributed by atoms with Crippen LogP contribution in [0.25, 0.3) is 22.9 Å². The molecule has 0 aliphatic rings. The van der Waals surface area contributed by atoms with Crippen molar-refractivity contribution in [1.29, 1.82) is 0 Å². The Morgan fingerprint density at radius 1 is 0.600 bits per heavy atom. The predicted octanol–water partition coefficient (Wildman–Crippen LogP) is 5.63. The van der Waals surface area contributed by atoms with Gasteiger partial charge >= 0.3 is 0 Å². The van der Waals surface area contributed by atoms with E-state index in [-0.39, 0.29) is 0 Å². The monoisotopic (exact) mass is 258 g/mol. The van der Waals surface area contributed by atoms with Crippen molar-refractivity contribution in [3.63, 3.8) is 0 Å². The van der Waals surface area contributed by atoms with Crippen molar-refractivity contribution in [2.75, 3.05) is 0 Å². The second-order valence-corrected chi connectivity index (χ2v) is 5.36. The lowest BCUT2D eigenvalue weighted by molar-refractivity contribution is 1.37. The molecular weight excluding hydrogens is 240 g/mol. The van der Waals surface area contributed by atoms with Crippen LogP contribution in [0.5, 0.6) is 0 Å². The van der Waals surface area contributed by atoms with Gasteiger partial charge in [-0.2, -0.15) is 0 Å². The number of fused-ring (bicyclic) bond motifs is 1. The highest BCUT2D eigenvalue weighted by Crippen LogP contribution is 2.18. The number of hydrogen-bond acceptors (Lipinski definition) is 0. The Kier molecular flexibility index (Phi) is 3.39. The van der Waals surface area contributed by atoms with Crippen LogP contribution in [0.15, 0.2) is 60.7 Å². The fraction of sp³-hybridized carbons (Fsp3) is 0.100. The van der Waals surface area contributed by atoms with Crippen LogP contribution in [0.2, 0.25) is 0 Å². The molecule has 0 heteroatoms. The van der Waals surface area contributed by atoms with Gasteiger partial charge in [-0.15, -0.1) is 0 Å². The summed E-state index contributed by atoms with van der Waals surface area (Å²) in [5.74, 6) is 0. The zero-order valence-electron chi connectivity index (χ0n) is 11.9. The molecule has 0 atom stereocenters. The van der Waals surface area contributed by atoms with Crippen molar-refractivity contribution in [2.24, 2.45) is 0 Å². The number of aryl methyl sites for hydroxylation is 2. The lowest BCUT2D eigenvalue weighted by atomic mass is 10.0. The van der Waals surface area contributed by atoms with Crippen molar-refractivity contribution in [1.82, 2.24) is 0 Å². The molecule has 0 spiro atoms. The molecule has 0 saturated heterocycles. The average molecular weight is 258 g/mol. The third-order valence-corrected chi connectivity index (χ3v) is 3.49. The van der Waals surface area contributed by atoms with Crippen LogP contribution in [-0.2, 0) is 0 Å². The minimum absolute atomic E-state index is 1.24. The molecule has 0 fully saturated rings. The van der Waals surface area contributed by atoms with E-state index in [1.165, 1.54) is 33.0 Å². The maximum absolute atomic E-state index is 2.23. The van der Waals surface area contributed by atoms with Crippen molar-refractivity contribution in [3.8, 4) is 0 Å². The molecule has 0 unspecified atom stereocenters. The number of benzene rings is 3. The molecule has 0 radical (unpaired) electrons. The first kappa shape index (κ1) is 12.7. The SMILES string of the molecule is Cc1cc(C)cc(C=Cc2ccc3ccccc3c2)c1. The van der Waals surface area contributed by atoms with Gasteiger partial charge in [0.05, 0.1) is 0 Å². The smallest absolute Gasteiger partial charge is 0.0178 e. The fourth-order valence-corrected chi connectivity index (χ4v) is 2.61. The summed E-state index contributed by atoms with van der Waals surface area (Å²) in [6, 6.07) is 21.7. The van der Waals surface area contributed by atoms with Crippen molar-refractivity contribution >= 4 is 22.9 Å². The Balaban J connectivity index is 1.93. The highest BCUT2D eigenvalue weighted by molar-refractivity contribution is 5.86. The Bertz CT molecular complexity index is 759. The van der Waals surface area contributed by atoms with E-state index in [4.69, 9.17) is 0 Å². The summed E-state index contributed by atoms with van der Waals surface area (Å²) >= 11 is 0. The summed E-state index contributed by atoms with van der Waals surface area (Å²) < 4.78 is 0. The Hall–Kier alpha value is -2.34. The van der Waals surface area contributed by atoms with Crippen LogP contribution in [0.4, 0.5) is 0 Å². The van der Waals surface area contributed by atoms with E-state index in [0.29, 0.717) is 0 Å². The second-order valence-electron chi connectivity index (χ2n) is 5.36. The molecule has 98 valence electrons.